The van der Waals surface area contributed by atoms with Crippen LogP contribution in [-0.4, -0.2) is 17.6 Å². The van der Waals surface area contributed by atoms with E-state index < -0.39 is 0 Å². The molecule has 3 heteroatoms. The number of aromatic hydroxyl groups is 1. The van der Waals surface area contributed by atoms with Crippen LogP contribution in [0.3, 0.4) is 0 Å². The second kappa shape index (κ2) is 6.68. The van der Waals surface area contributed by atoms with Crippen LogP contribution in [0.1, 0.15) is 28.3 Å². The van der Waals surface area contributed by atoms with Gasteiger partial charge in [0, 0.05) is 5.56 Å². The Morgan fingerprint density at radius 2 is 1.62 bits per heavy atom. The molecule has 4 rings (SSSR count). The number of nitrogens with zero attached hydrogens (tertiary/aromatic N) is 1. The quantitative estimate of drug-likeness (QED) is 0.711. The maximum atomic E-state index is 9.69. The van der Waals surface area contributed by atoms with Crippen molar-refractivity contribution in [3.8, 4) is 16.9 Å². The third-order valence-corrected chi connectivity index (χ3v) is 4.85. The van der Waals surface area contributed by atoms with Crippen LogP contribution in [0, 0.1) is 13.8 Å². The van der Waals surface area contributed by atoms with Gasteiger partial charge in [0.05, 0.1) is 0 Å². The molecule has 1 aliphatic rings. The van der Waals surface area contributed by atoms with E-state index in [-0.39, 0.29) is 6.04 Å². The number of aliphatic imine (C=N–C) groups is 1. The van der Waals surface area contributed by atoms with Crippen LogP contribution in [-0.2, 0) is 4.74 Å². The first-order valence-corrected chi connectivity index (χ1v) is 8.78. The molecule has 1 aliphatic heterocycles. The molecule has 130 valence electrons. The number of phenolic OH excluding ortho intramolecular Hbond substituents is 1. The lowest BCUT2D eigenvalue weighted by Crippen LogP contribution is -2.03. The van der Waals surface area contributed by atoms with Crippen molar-refractivity contribution in [2.45, 2.75) is 19.9 Å². The number of aryl methyl sites for hydroxylation is 2. The van der Waals surface area contributed by atoms with Crippen molar-refractivity contribution in [3.63, 3.8) is 0 Å². The molecule has 1 N–H and O–H groups in total. The van der Waals surface area contributed by atoms with Crippen LogP contribution in [0.25, 0.3) is 11.1 Å². The van der Waals surface area contributed by atoms with Gasteiger partial charge in [-0.15, -0.1) is 0 Å². The van der Waals surface area contributed by atoms with Gasteiger partial charge >= 0.3 is 0 Å². The van der Waals surface area contributed by atoms with Crippen molar-refractivity contribution in [1.82, 2.24) is 0 Å². The van der Waals surface area contributed by atoms with Gasteiger partial charge in [0.2, 0.25) is 5.90 Å². The van der Waals surface area contributed by atoms with E-state index in [1.54, 1.807) is 6.07 Å². The average molecular weight is 343 g/mol. The van der Waals surface area contributed by atoms with Gasteiger partial charge in [0.25, 0.3) is 0 Å². The molecule has 0 saturated carbocycles. The Morgan fingerprint density at radius 1 is 0.885 bits per heavy atom. The zero-order valence-corrected chi connectivity index (χ0v) is 14.9. The van der Waals surface area contributed by atoms with E-state index >= 15 is 0 Å². The van der Waals surface area contributed by atoms with Crippen LogP contribution < -0.4 is 0 Å². The number of phenols is 1. The minimum absolute atomic E-state index is 0.0280. The van der Waals surface area contributed by atoms with Gasteiger partial charge in [-0.25, -0.2) is 4.99 Å². The Hall–Kier alpha value is -3.07. The predicted molar refractivity (Wildman–Crippen MR) is 105 cm³/mol. The van der Waals surface area contributed by atoms with Gasteiger partial charge in [0.15, 0.2) is 0 Å². The second-order valence-corrected chi connectivity index (χ2v) is 6.70. The van der Waals surface area contributed by atoms with Crippen molar-refractivity contribution in [2.24, 2.45) is 4.99 Å². The van der Waals surface area contributed by atoms with Crippen LogP contribution in [0.2, 0.25) is 0 Å². The molecule has 1 unspecified atom stereocenters. The van der Waals surface area contributed by atoms with Crippen LogP contribution in [0.15, 0.2) is 71.7 Å². The summed E-state index contributed by atoms with van der Waals surface area (Å²) in [5.74, 6) is 1.05. The summed E-state index contributed by atoms with van der Waals surface area (Å²) in [5, 5.41) is 9.69. The molecule has 0 bridgehead atoms. The van der Waals surface area contributed by atoms with Crippen molar-refractivity contribution in [1.29, 1.82) is 0 Å². The third kappa shape index (κ3) is 3.08. The molecular formula is C23H21NO2. The smallest absolute Gasteiger partial charge is 0.217 e. The van der Waals surface area contributed by atoms with Crippen molar-refractivity contribution >= 4 is 5.90 Å². The van der Waals surface area contributed by atoms with Gasteiger partial charge < -0.3 is 9.84 Å². The first kappa shape index (κ1) is 16.4. The average Bonchev–Trinajstić information content (AvgIpc) is 3.14. The molecule has 1 atom stereocenters. The summed E-state index contributed by atoms with van der Waals surface area (Å²) in [6, 6.07) is 22.3. The highest BCUT2D eigenvalue weighted by atomic mass is 16.5. The zero-order valence-electron chi connectivity index (χ0n) is 14.9. The maximum Gasteiger partial charge on any atom is 0.217 e. The number of hydrogen-bond acceptors (Lipinski definition) is 3. The van der Waals surface area contributed by atoms with Gasteiger partial charge in [0.1, 0.15) is 18.4 Å². The van der Waals surface area contributed by atoms with Gasteiger partial charge in [-0.2, -0.15) is 0 Å². The summed E-state index contributed by atoms with van der Waals surface area (Å²) in [6.45, 7) is 4.55. The Balaban J connectivity index is 1.58. The van der Waals surface area contributed by atoms with Crippen molar-refractivity contribution < 1.29 is 9.84 Å². The molecule has 26 heavy (non-hydrogen) atoms. The zero-order chi connectivity index (χ0) is 18.1. The van der Waals surface area contributed by atoms with Crippen LogP contribution >= 0.6 is 0 Å². The highest BCUT2D eigenvalue weighted by Gasteiger charge is 2.22. The van der Waals surface area contributed by atoms with Crippen LogP contribution in [0.4, 0.5) is 0 Å². The molecule has 0 fully saturated rings. The lowest BCUT2D eigenvalue weighted by atomic mass is 10.00. The summed E-state index contributed by atoms with van der Waals surface area (Å²) in [5.41, 5.74) is 6.48. The molecule has 0 spiro atoms. The van der Waals surface area contributed by atoms with E-state index in [4.69, 9.17) is 9.73 Å². The normalized spacial score (nSPS) is 16.2. The van der Waals surface area contributed by atoms with E-state index in [0.717, 1.165) is 33.7 Å². The molecule has 0 radical (unpaired) electrons. The first-order chi connectivity index (χ1) is 12.6. The van der Waals surface area contributed by atoms with Crippen LogP contribution in [0.5, 0.6) is 5.75 Å². The molecule has 0 saturated heterocycles. The highest BCUT2D eigenvalue weighted by molar-refractivity contribution is 5.96. The molecule has 1 heterocycles. The number of benzene rings is 3. The van der Waals surface area contributed by atoms with E-state index in [1.165, 1.54) is 5.56 Å². The summed E-state index contributed by atoms with van der Waals surface area (Å²) >= 11 is 0. The summed E-state index contributed by atoms with van der Waals surface area (Å²) in [7, 11) is 0. The fourth-order valence-electron chi connectivity index (χ4n) is 3.24. The fourth-order valence-corrected chi connectivity index (χ4v) is 3.24. The Bertz CT molecular complexity index is 974. The topological polar surface area (TPSA) is 41.8 Å². The standard InChI is InChI=1S/C23H21NO2/c1-15-5-3-4-6-20(15)23-24-21(14-26-23)18-9-7-17(8-10-18)19-11-12-22(25)16(2)13-19/h3-13,21,25H,14H2,1-2H3. The minimum Gasteiger partial charge on any atom is -0.508 e. The van der Waals surface area contributed by atoms with Gasteiger partial charge in [-0.3, -0.25) is 0 Å². The van der Waals surface area contributed by atoms with Crippen molar-refractivity contribution in [3.05, 3.63) is 89.0 Å². The third-order valence-electron chi connectivity index (χ3n) is 4.85. The van der Waals surface area contributed by atoms with Gasteiger partial charge in [-0.1, -0.05) is 48.5 Å². The molecule has 3 aromatic carbocycles. The Kier molecular flexibility index (Phi) is 4.21. The molecule has 0 amide bonds. The SMILES string of the molecule is Cc1cc(-c2ccc(C3COC(c4ccccc4C)=N3)cc2)ccc1O. The first-order valence-electron chi connectivity index (χ1n) is 8.78. The predicted octanol–water partition coefficient (Wildman–Crippen LogP) is 5.19. The van der Waals surface area contributed by atoms with E-state index in [2.05, 4.69) is 37.3 Å². The summed E-state index contributed by atoms with van der Waals surface area (Å²) < 4.78 is 5.85. The monoisotopic (exact) mass is 343 g/mol. The molecule has 0 aromatic heterocycles. The lowest BCUT2D eigenvalue weighted by molar-refractivity contribution is 0.319. The lowest BCUT2D eigenvalue weighted by Gasteiger charge is -2.08. The number of rotatable bonds is 3. The Morgan fingerprint density at radius 3 is 2.35 bits per heavy atom. The van der Waals surface area contributed by atoms with E-state index in [9.17, 15) is 5.11 Å². The van der Waals surface area contributed by atoms with E-state index in [0.29, 0.717) is 12.4 Å². The molecular weight excluding hydrogens is 322 g/mol. The molecule has 0 aliphatic carbocycles. The summed E-state index contributed by atoms with van der Waals surface area (Å²) in [4.78, 5) is 4.78. The minimum atomic E-state index is 0.0280. The molecule has 3 aromatic rings. The van der Waals surface area contributed by atoms with Crippen molar-refractivity contribution in [2.75, 3.05) is 6.61 Å². The number of hydrogen-bond donors (Lipinski definition) is 1. The highest BCUT2D eigenvalue weighted by Crippen LogP contribution is 2.30. The fraction of sp³-hybridized carbons (Fsp3) is 0.174. The maximum absolute atomic E-state index is 9.69. The number of ether oxygens (including phenoxy) is 1. The summed E-state index contributed by atoms with van der Waals surface area (Å²) in [6.07, 6.45) is 0. The largest absolute Gasteiger partial charge is 0.508 e. The van der Waals surface area contributed by atoms with E-state index in [1.807, 2.05) is 37.3 Å². The second-order valence-electron chi connectivity index (χ2n) is 6.70. The Labute approximate surface area is 153 Å². The molecule has 3 nitrogen and oxygen atoms in total. The van der Waals surface area contributed by atoms with Gasteiger partial charge in [-0.05, 0) is 59.9 Å².